The lowest BCUT2D eigenvalue weighted by Gasteiger charge is -2.38. The van der Waals surface area contributed by atoms with E-state index in [-0.39, 0.29) is 18.3 Å². The SMILES string of the molecule is CCOC(=O)C1=C(C)NC2=C(C(=O)[C@@H](C(=O)OC)[C@H](C)C2)[C@@H]1c1ccc(N(CC)CC)cc1. The summed E-state index contributed by atoms with van der Waals surface area (Å²) in [7, 11) is 1.29. The molecule has 0 radical (unpaired) electrons. The predicted molar refractivity (Wildman–Crippen MR) is 127 cm³/mol. The molecule has 2 aliphatic rings. The third-order valence-corrected chi connectivity index (χ3v) is 6.59. The highest BCUT2D eigenvalue weighted by atomic mass is 16.5. The molecule has 0 saturated carbocycles. The fourth-order valence-corrected chi connectivity index (χ4v) is 4.96. The Morgan fingerprint density at radius 3 is 2.30 bits per heavy atom. The Bertz CT molecular complexity index is 988. The summed E-state index contributed by atoms with van der Waals surface area (Å²) in [4.78, 5) is 41.4. The van der Waals surface area contributed by atoms with E-state index >= 15 is 0 Å². The van der Waals surface area contributed by atoms with Crippen molar-refractivity contribution in [3.63, 3.8) is 0 Å². The monoisotopic (exact) mass is 454 g/mol. The Morgan fingerprint density at radius 1 is 1.12 bits per heavy atom. The minimum atomic E-state index is -0.894. The van der Waals surface area contributed by atoms with E-state index in [2.05, 4.69) is 24.1 Å². The first-order valence-corrected chi connectivity index (χ1v) is 11.6. The van der Waals surface area contributed by atoms with Crippen LogP contribution in [0.2, 0.25) is 0 Å². The summed E-state index contributed by atoms with van der Waals surface area (Å²) in [6.07, 6.45) is 0.516. The number of anilines is 1. The number of methoxy groups -OCH3 is 1. The maximum Gasteiger partial charge on any atom is 0.336 e. The summed E-state index contributed by atoms with van der Waals surface area (Å²) in [6, 6.07) is 7.94. The van der Waals surface area contributed by atoms with Crippen molar-refractivity contribution < 1.29 is 23.9 Å². The molecule has 1 aliphatic carbocycles. The number of dihydropyridines is 1. The third-order valence-electron chi connectivity index (χ3n) is 6.59. The Hall–Kier alpha value is -3.09. The minimum absolute atomic E-state index is 0.209. The lowest BCUT2D eigenvalue weighted by molar-refractivity contribution is -0.151. The van der Waals surface area contributed by atoms with Crippen LogP contribution in [0.3, 0.4) is 0 Å². The number of nitrogens with one attached hydrogen (secondary N) is 1. The van der Waals surface area contributed by atoms with Crippen LogP contribution in [-0.2, 0) is 23.9 Å². The van der Waals surface area contributed by atoms with E-state index in [0.29, 0.717) is 23.3 Å². The molecule has 33 heavy (non-hydrogen) atoms. The van der Waals surface area contributed by atoms with Crippen molar-refractivity contribution >= 4 is 23.4 Å². The molecule has 1 aromatic carbocycles. The summed E-state index contributed by atoms with van der Waals surface area (Å²) >= 11 is 0. The van der Waals surface area contributed by atoms with Gasteiger partial charge in [-0.25, -0.2) is 4.79 Å². The second kappa shape index (κ2) is 10.2. The average Bonchev–Trinajstić information content (AvgIpc) is 2.79. The fraction of sp³-hybridized carbons (Fsp3) is 0.500. The number of allylic oxidation sites excluding steroid dienone is 3. The van der Waals surface area contributed by atoms with Crippen LogP contribution in [-0.4, -0.2) is 44.5 Å². The van der Waals surface area contributed by atoms with Gasteiger partial charge in [0.05, 0.1) is 19.3 Å². The van der Waals surface area contributed by atoms with Crippen LogP contribution in [0.25, 0.3) is 0 Å². The van der Waals surface area contributed by atoms with Crippen molar-refractivity contribution in [1.29, 1.82) is 0 Å². The lowest BCUT2D eigenvalue weighted by atomic mass is 9.69. The summed E-state index contributed by atoms with van der Waals surface area (Å²) < 4.78 is 10.3. The molecular weight excluding hydrogens is 420 g/mol. The van der Waals surface area contributed by atoms with Crippen LogP contribution in [0.15, 0.2) is 46.8 Å². The molecule has 0 spiro atoms. The Kier molecular flexibility index (Phi) is 7.61. The van der Waals surface area contributed by atoms with Crippen LogP contribution < -0.4 is 10.2 Å². The van der Waals surface area contributed by atoms with Crippen molar-refractivity contribution in [3.8, 4) is 0 Å². The fourth-order valence-electron chi connectivity index (χ4n) is 4.96. The lowest BCUT2D eigenvalue weighted by Crippen LogP contribution is -2.43. The Labute approximate surface area is 195 Å². The van der Waals surface area contributed by atoms with Crippen molar-refractivity contribution in [3.05, 3.63) is 52.4 Å². The smallest absolute Gasteiger partial charge is 0.336 e. The zero-order valence-electron chi connectivity index (χ0n) is 20.4. The molecule has 0 unspecified atom stereocenters. The standard InChI is InChI=1S/C26H34N2O5/c1-7-28(8-2)18-12-10-17(11-13-18)22-21(26(31)33-9-3)16(5)27-19-14-15(4)20(25(30)32-6)24(29)23(19)22/h10-13,15,20,22,27H,7-9,14H2,1-6H3/t15-,20+,22-/m1/s1. The largest absolute Gasteiger partial charge is 0.468 e. The molecule has 7 nitrogen and oxygen atoms in total. The summed E-state index contributed by atoms with van der Waals surface area (Å²) in [5, 5.41) is 3.27. The maximum absolute atomic E-state index is 13.7. The highest BCUT2D eigenvalue weighted by molar-refractivity contribution is 6.12. The third kappa shape index (κ3) is 4.54. The van der Waals surface area contributed by atoms with Gasteiger partial charge >= 0.3 is 11.9 Å². The number of ketones is 1. The molecule has 0 saturated heterocycles. The van der Waals surface area contributed by atoms with Crippen molar-refractivity contribution in [2.45, 2.75) is 47.0 Å². The first-order chi connectivity index (χ1) is 15.8. The molecule has 0 aromatic heterocycles. The Morgan fingerprint density at radius 2 is 1.76 bits per heavy atom. The van der Waals surface area contributed by atoms with Crippen LogP contribution >= 0.6 is 0 Å². The van der Waals surface area contributed by atoms with Gasteiger partial charge in [-0.1, -0.05) is 19.1 Å². The number of rotatable bonds is 7. The average molecular weight is 455 g/mol. The van der Waals surface area contributed by atoms with Gasteiger partial charge in [-0.05, 0) is 57.7 Å². The molecule has 3 rings (SSSR count). The molecular formula is C26H34N2O5. The number of carbonyl (C=O) groups is 3. The molecule has 178 valence electrons. The molecule has 3 atom stereocenters. The number of hydrogen-bond acceptors (Lipinski definition) is 7. The van der Waals surface area contributed by atoms with Crippen molar-refractivity contribution in [1.82, 2.24) is 5.32 Å². The van der Waals surface area contributed by atoms with E-state index in [1.165, 1.54) is 7.11 Å². The number of esters is 2. The van der Waals surface area contributed by atoms with Gasteiger partial charge in [0.2, 0.25) is 0 Å². The molecule has 1 heterocycles. The van der Waals surface area contributed by atoms with Crippen LogP contribution in [0.1, 0.15) is 52.5 Å². The van der Waals surface area contributed by atoms with Crippen LogP contribution in [0, 0.1) is 11.8 Å². The summed E-state index contributed by atoms with van der Waals surface area (Å²) in [5.41, 5.74) is 4.16. The number of Topliss-reactive ketones (excluding diaryl/α,β-unsaturated/α-hetero) is 1. The zero-order valence-corrected chi connectivity index (χ0v) is 20.4. The van der Waals surface area contributed by atoms with E-state index in [1.54, 1.807) is 6.92 Å². The van der Waals surface area contributed by atoms with Gasteiger partial charge in [0.1, 0.15) is 5.92 Å². The predicted octanol–water partition coefficient (Wildman–Crippen LogP) is 3.71. The number of benzene rings is 1. The van der Waals surface area contributed by atoms with Crippen LogP contribution in [0.5, 0.6) is 0 Å². The second-order valence-corrected chi connectivity index (χ2v) is 8.52. The second-order valence-electron chi connectivity index (χ2n) is 8.52. The van der Waals surface area contributed by atoms with E-state index in [0.717, 1.165) is 30.0 Å². The van der Waals surface area contributed by atoms with Crippen molar-refractivity contribution in [2.24, 2.45) is 11.8 Å². The van der Waals surface area contributed by atoms with E-state index in [9.17, 15) is 14.4 Å². The van der Waals surface area contributed by atoms with E-state index in [4.69, 9.17) is 9.47 Å². The first-order valence-electron chi connectivity index (χ1n) is 11.6. The topological polar surface area (TPSA) is 84.9 Å². The maximum atomic E-state index is 13.7. The molecule has 1 aliphatic heterocycles. The molecule has 0 bridgehead atoms. The number of carbonyl (C=O) groups excluding carboxylic acids is 3. The molecule has 1 N–H and O–H groups in total. The number of hydrogen-bond donors (Lipinski definition) is 1. The number of nitrogens with zero attached hydrogens (tertiary/aromatic N) is 1. The summed E-state index contributed by atoms with van der Waals surface area (Å²) in [6.45, 7) is 11.6. The molecule has 0 fully saturated rings. The van der Waals surface area contributed by atoms with Gasteiger partial charge in [-0.2, -0.15) is 0 Å². The van der Waals surface area contributed by atoms with Crippen LogP contribution in [0.4, 0.5) is 5.69 Å². The van der Waals surface area contributed by atoms with Gasteiger partial charge in [-0.3, -0.25) is 9.59 Å². The molecule has 0 amide bonds. The van der Waals surface area contributed by atoms with E-state index < -0.39 is 23.8 Å². The molecule has 7 heteroatoms. The quantitative estimate of drug-likeness (QED) is 0.497. The normalized spacial score (nSPS) is 22.5. The minimum Gasteiger partial charge on any atom is -0.468 e. The first kappa shape index (κ1) is 24.6. The number of ether oxygens (including phenoxy) is 2. The van der Waals surface area contributed by atoms with Gasteiger partial charge in [0.15, 0.2) is 5.78 Å². The zero-order chi connectivity index (χ0) is 24.3. The van der Waals surface area contributed by atoms with Gasteiger partial charge in [0, 0.05) is 41.7 Å². The van der Waals surface area contributed by atoms with Gasteiger partial charge < -0.3 is 19.7 Å². The summed E-state index contributed by atoms with van der Waals surface area (Å²) in [5.74, 6) is -3.02. The van der Waals surface area contributed by atoms with Gasteiger partial charge in [-0.15, -0.1) is 0 Å². The van der Waals surface area contributed by atoms with Crippen molar-refractivity contribution in [2.75, 3.05) is 31.7 Å². The highest BCUT2D eigenvalue weighted by Gasteiger charge is 2.47. The highest BCUT2D eigenvalue weighted by Crippen LogP contribution is 2.45. The Balaban J connectivity index is 2.15. The van der Waals surface area contributed by atoms with E-state index in [1.807, 2.05) is 38.1 Å². The van der Waals surface area contributed by atoms with Gasteiger partial charge in [0.25, 0.3) is 0 Å². The molecule has 1 aromatic rings.